The zero-order chi connectivity index (χ0) is 25.1. The highest BCUT2D eigenvalue weighted by atomic mass is 35.5. The Morgan fingerprint density at radius 1 is 1.14 bits per heavy atom. The topological polar surface area (TPSA) is 100 Å². The minimum absolute atomic E-state index is 0.0290. The average Bonchev–Trinajstić information content (AvgIpc) is 3.24. The molecule has 0 fully saturated rings. The van der Waals surface area contributed by atoms with Crippen molar-refractivity contribution in [2.24, 2.45) is 0 Å². The number of hydrogen-bond donors (Lipinski definition) is 2. The average molecular weight is 510 g/mol. The number of hydrogen-bond acceptors (Lipinski definition) is 7. The molecule has 1 amide bonds. The number of para-hydroxylation sites is 1. The van der Waals surface area contributed by atoms with Gasteiger partial charge in [-0.2, -0.15) is 0 Å². The van der Waals surface area contributed by atoms with E-state index in [1.807, 2.05) is 68.4 Å². The number of nitro benzene ring substituents is 1. The SMILES string of the molecule is Cc1ccc(-c2nc3ccccc3s2)cc1NC(=O)c1cc([N+](=O)[O-])c(NCCN(C)C)cc1Cl. The summed E-state index contributed by atoms with van der Waals surface area (Å²) in [6, 6.07) is 16.2. The van der Waals surface area contributed by atoms with Gasteiger partial charge in [0.15, 0.2) is 0 Å². The van der Waals surface area contributed by atoms with Crippen LogP contribution in [-0.2, 0) is 0 Å². The lowest BCUT2D eigenvalue weighted by Crippen LogP contribution is -2.21. The van der Waals surface area contributed by atoms with E-state index in [9.17, 15) is 14.9 Å². The molecule has 0 unspecified atom stereocenters. The van der Waals surface area contributed by atoms with Crippen LogP contribution in [-0.4, -0.2) is 47.9 Å². The Morgan fingerprint density at radius 2 is 1.91 bits per heavy atom. The van der Waals surface area contributed by atoms with Crippen LogP contribution < -0.4 is 10.6 Å². The van der Waals surface area contributed by atoms with Gasteiger partial charge >= 0.3 is 0 Å². The molecule has 8 nitrogen and oxygen atoms in total. The smallest absolute Gasteiger partial charge is 0.293 e. The molecule has 0 radical (unpaired) electrons. The molecule has 0 spiro atoms. The van der Waals surface area contributed by atoms with Crippen molar-refractivity contribution >= 4 is 56.1 Å². The summed E-state index contributed by atoms with van der Waals surface area (Å²) >= 11 is 7.95. The van der Waals surface area contributed by atoms with Gasteiger partial charge in [-0.3, -0.25) is 14.9 Å². The molecular formula is C25H24ClN5O3S. The quantitative estimate of drug-likeness (QED) is 0.221. The molecule has 0 saturated heterocycles. The third-order valence-electron chi connectivity index (χ3n) is 5.43. The summed E-state index contributed by atoms with van der Waals surface area (Å²) in [5.41, 5.74) is 3.29. The second kappa shape index (κ2) is 10.4. The highest BCUT2D eigenvalue weighted by molar-refractivity contribution is 7.21. The van der Waals surface area contributed by atoms with Crippen LogP contribution in [0.1, 0.15) is 15.9 Å². The number of anilines is 2. The molecule has 180 valence electrons. The molecule has 1 aromatic heterocycles. The highest BCUT2D eigenvalue weighted by Crippen LogP contribution is 2.34. The van der Waals surface area contributed by atoms with Gasteiger partial charge in [0.25, 0.3) is 11.6 Å². The summed E-state index contributed by atoms with van der Waals surface area (Å²) in [6.07, 6.45) is 0. The van der Waals surface area contributed by atoms with Crippen LogP contribution in [0.3, 0.4) is 0 Å². The predicted molar refractivity (Wildman–Crippen MR) is 143 cm³/mol. The van der Waals surface area contributed by atoms with Crippen molar-refractivity contribution in [3.8, 4) is 10.6 Å². The molecule has 1 heterocycles. The third kappa shape index (κ3) is 5.59. The second-order valence-corrected chi connectivity index (χ2v) is 9.74. The van der Waals surface area contributed by atoms with E-state index in [2.05, 4.69) is 15.6 Å². The van der Waals surface area contributed by atoms with Gasteiger partial charge in [-0.1, -0.05) is 35.9 Å². The highest BCUT2D eigenvalue weighted by Gasteiger charge is 2.22. The van der Waals surface area contributed by atoms with E-state index in [1.54, 1.807) is 11.3 Å². The molecular weight excluding hydrogens is 486 g/mol. The minimum atomic E-state index is -0.525. The normalized spacial score (nSPS) is 11.1. The summed E-state index contributed by atoms with van der Waals surface area (Å²) in [5, 5.41) is 18.5. The first-order valence-corrected chi connectivity index (χ1v) is 12.1. The number of fused-ring (bicyclic) bond motifs is 1. The Hall–Kier alpha value is -3.53. The number of amides is 1. The number of benzene rings is 3. The fourth-order valence-electron chi connectivity index (χ4n) is 3.52. The fourth-order valence-corrected chi connectivity index (χ4v) is 4.73. The van der Waals surface area contributed by atoms with Crippen LogP contribution in [0.2, 0.25) is 5.02 Å². The van der Waals surface area contributed by atoms with Gasteiger partial charge in [-0.25, -0.2) is 4.98 Å². The maximum absolute atomic E-state index is 13.1. The van der Waals surface area contributed by atoms with Gasteiger partial charge in [-0.05, 0) is 50.8 Å². The number of carbonyl (C=O) groups is 1. The number of halogens is 1. The van der Waals surface area contributed by atoms with Crippen LogP contribution in [0.15, 0.2) is 54.6 Å². The van der Waals surface area contributed by atoms with Crippen molar-refractivity contribution in [3.63, 3.8) is 0 Å². The van der Waals surface area contributed by atoms with E-state index >= 15 is 0 Å². The van der Waals surface area contributed by atoms with E-state index in [0.717, 1.165) is 26.4 Å². The molecule has 4 rings (SSSR count). The number of rotatable bonds is 8. The van der Waals surface area contributed by atoms with Crippen molar-refractivity contribution in [3.05, 3.63) is 80.9 Å². The Morgan fingerprint density at radius 3 is 2.63 bits per heavy atom. The van der Waals surface area contributed by atoms with Gasteiger partial charge in [0.1, 0.15) is 10.7 Å². The number of thiazole rings is 1. The Balaban J connectivity index is 1.61. The predicted octanol–water partition coefficient (Wildman–Crippen LogP) is 6.06. The first kappa shape index (κ1) is 24.6. The molecule has 3 aromatic carbocycles. The molecule has 0 aliphatic rings. The van der Waals surface area contributed by atoms with Crippen LogP contribution in [0.4, 0.5) is 17.1 Å². The Kier molecular flexibility index (Phi) is 7.30. The van der Waals surface area contributed by atoms with Gasteiger partial charge in [0, 0.05) is 30.4 Å². The number of likely N-dealkylation sites (N-methyl/N-ethyl adjacent to an activating group) is 1. The van der Waals surface area contributed by atoms with Crippen LogP contribution in [0.25, 0.3) is 20.8 Å². The van der Waals surface area contributed by atoms with E-state index < -0.39 is 10.8 Å². The maximum Gasteiger partial charge on any atom is 0.293 e. The van der Waals surface area contributed by atoms with Crippen LogP contribution in [0, 0.1) is 17.0 Å². The van der Waals surface area contributed by atoms with Crippen LogP contribution in [0.5, 0.6) is 0 Å². The zero-order valence-electron chi connectivity index (χ0n) is 19.5. The molecule has 0 aliphatic carbocycles. The van der Waals surface area contributed by atoms with Gasteiger partial charge in [0.2, 0.25) is 0 Å². The van der Waals surface area contributed by atoms with Gasteiger partial charge in [-0.15, -0.1) is 11.3 Å². The summed E-state index contributed by atoms with van der Waals surface area (Å²) in [6.45, 7) is 3.05. The third-order valence-corrected chi connectivity index (χ3v) is 6.83. The molecule has 0 saturated carbocycles. The standard InChI is InChI=1S/C25H24ClN5O3S/c1-15-8-9-16(25-29-19-6-4-5-7-23(19)35-25)12-20(15)28-24(32)17-13-22(31(33)34)21(14-18(17)26)27-10-11-30(2)3/h4-9,12-14,27H,10-11H2,1-3H3,(H,28,32). The van der Waals surface area contributed by atoms with Crippen molar-refractivity contribution in [1.82, 2.24) is 9.88 Å². The van der Waals surface area contributed by atoms with Crippen LogP contribution >= 0.6 is 22.9 Å². The van der Waals surface area contributed by atoms with Gasteiger partial charge in [0.05, 0.1) is 25.7 Å². The van der Waals surface area contributed by atoms with Crippen molar-refractivity contribution in [1.29, 1.82) is 0 Å². The summed E-state index contributed by atoms with van der Waals surface area (Å²) in [5.74, 6) is -0.525. The number of aromatic nitrogens is 1. The minimum Gasteiger partial charge on any atom is -0.378 e. The molecule has 0 aliphatic heterocycles. The zero-order valence-corrected chi connectivity index (χ0v) is 21.0. The monoisotopic (exact) mass is 509 g/mol. The molecule has 10 heteroatoms. The lowest BCUT2D eigenvalue weighted by atomic mass is 10.1. The molecule has 0 atom stereocenters. The first-order chi connectivity index (χ1) is 16.7. The molecule has 2 N–H and O–H groups in total. The van der Waals surface area contributed by atoms with E-state index in [1.165, 1.54) is 12.1 Å². The molecule has 4 aromatic rings. The van der Waals surface area contributed by atoms with Crippen molar-refractivity contribution in [2.75, 3.05) is 37.8 Å². The Labute approximate surface area is 211 Å². The number of nitrogens with zero attached hydrogens (tertiary/aromatic N) is 3. The van der Waals surface area contributed by atoms with Crippen molar-refractivity contribution < 1.29 is 9.72 Å². The number of nitro groups is 1. The molecule has 35 heavy (non-hydrogen) atoms. The number of nitrogens with one attached hydrogen (secondary N) is 2. The summed E-state index contributed by atoms with van der Waals surface area (Å²) in [7, 11) is 3.81. The Bertz CT molecular complexity index is 1390. The first-order valence-electron chi connectivity index (χ1n) is 10.9. The van der Waals surface area contributed by atoms with E-state index in [-0.39, 0.29) is 22.0 Å². The van der Waals surface area contributed by atoms with Crippen molar-refractivity contribution in [2.45, 2.75) is 6.92 Å². The lowest BCUT2D eigenvalue weighted by Gasteiger charge is -2.14. The maximum atomic E-state index is 13.1. The summed E-state index contributed by atoms with van der Waals surface area (Å²) < 4.78 is 1.08. The van der Waals surface area contributed by atoms with Gasteiger partial charge < -0.3 is 15.5 Å². The van der Waals surface area contributed by atoms with E-state index in [0.29, 0.717) is 18.8 Å². The largest absolute Gasteiger partial charge is 0.378 e. The fraction of sp³-hybridized carbons (Fsp3) is 0.200. The second-order valence-electron chi connectivity index (χ2n) is 8.31. The lowest BCUT2D eigenvalue weighted by molar-refractivity contribution is -0.384. The number of carbonyl (C=O) groups excluding carboxylic acids is 1. The number of aryl methyl sites for hydroxylation is 1. The van der Waals surface area contributed by atoms with E-state index in [4.69, 9.17) is 11.6 Å². The summed E-state index contributed by atoms with van der Waals surface area (Å²) in [4.78, 5) is 30.9. The molecule has 0 bridgehead atoms.